The standard InChI is InChI=1S/C50H31NO.C42H26O.C34H22/c1-3-23-42-40(21-1)48(33-15-11-14-32(30-33)36-25-13-26-44-39-20-7-10-29-47(39)52-50(36)44)41-22-2-4-24-43(41)49(42)34-16-12-17-35(31-34)51-45-27-8-5-18-37(45)38-19-6-9-28-46(38)51;1-2-13-27(14-3-1)40-32-17-6-8-19-34(32)41(35-20-9-7-18-33(35)40)37-26-29(25-28-15-4-5-16-30(28)37)31-22-12-24-39-42(31)36-21-10-11-23-38(36)43-39;1-3-11-25-21-27(19-17-23(25)9-1)33-29-13-5-7-15-31(29)34(32-16-8-6-14-30(32)33)28-20-18-24-10-2-4-12-26(24)22-28/h1-31H;1-26H;1-22H. The lowest BCUT2D eigenvalue weighted by Crippen LogP contribution is -1.95. The number of hydrogen-bond donors (Lipinski definition) is 0. The Morgan fingerprint density at radius 3 is 1.00 bits per heavy atom. The number of aromatic nitrogens is 1. The highest BCUT2D eigenvalue weighted by atomic mass is 16.3. The van der Waals surface area contributed by atoms with Gasteiger partial charge >= 0.3 is 0 Å². The summed E-state index contributed by atoms with van der Waals surface area (Å²) in [6, 6.07) is 173. The summed E-state index contributed by atoms with van der Waals surface area (Å²) in [5.74, 6) is 0. The predicted molar refractivity (Wildman–Crippen MR) is 549 cm³/mol. The maximum Gasteiger partial charge on any atom is 0.143 e. The van der Waals surface area contributed by atoms with Crippen LogP contribution < -0.4 is 0 Å². The molecule has 0 saturated carbocycles. The Bertz CT molecular complexity index is 8860. The summed E-state index contributed by atoms with van der Waals surface area (Å²) in [6.07, 6.45) is 0. The van der Waals surface area contributed by atoms with Gasteiger partial charge in [0.1, 0.15) is 22.3 Å². The molecule has 3 heterocycles. The van der Waals surface area contributed by atoms with Gasteiger partial charge in [-0.25, -0.2) is 0 Å². The molecule has 129 heavy (non-hydrogen) atoms. The first-order chi connectivity index (χ1) is 64.0. The van der Waals surface area contributed by atoms with Gasteiger partial charge in [0.05, 0.1) is 11.0 Å². The monoisotopic (exact) mass is 1640 g/mol. The second kappa shape index (κ2) is 31.1. The van der Waals surface area contributed by atoms with E-state index in [0.29, 0.717) is 0 Å². The second-order valence-corrected chi connectivity index (χ2v) is 33.8. The van der Waals surface area contributed by atoms with Gasteiger partial charge in [-0.15, -0.1) is 0 Å². The molecular formula is C126H79NO2. The van der Waals surface area contributed by atoms with Crippen molar-refractivity contribution in [3.8, 4) is 94.7 Å². The second-order valence-electron chi connectivity index (χ2n) is 33.8. The van der Waals surface area contributed by atoms with Crippen molar-refractivity contribution in [2.75, 3.05) is 0 Å². The van der Waals surface area contributed by atoms with E-state index >= 15 is 0 Å². The molecule has 0 unspecified atom stereocenters. The van der Waals surface area contributed by atoms with E-state index < -0.39 is 0 Å². The molecule has 0 spiro atoms. The Hall–Kier alpha value is -17.0. The molecule has 0 fully saturated rings. The van der Waals surface area contributed by atoms with Crippen LogP contribution in [0.4, 0.5) is 0 Å². The Labute approximate surface area is 744 Å². The fourth-order valence-electron chi connectivity index (χ4n) is 21.0. The van der Waals surface area contributed by atoms with Crippen LogP contribution in [0.2, 0.25) is 0 Å². The zero-order valence-electron chi connectivity index (χ0n) is 70.4. The molecule has 3 nitrogen and oxygen atoms in total. The minimum Gasteiger partial charge on any atom is -0.456 e. The fourth-order valence-corrected chi connectivity index (χ4v) is 21.0. The van der Waals surface area contributed by atoms with Crippen LogP contribution >= 0.6 is 0 Å². The van der Waals surface area contributed by atoms with Gasteiger partial charge < -0.3 is 13.4 Å². The third-order valence-corrected chi connectivity index (χ3v) is 26.6. The SMILES string of the molecule is c1cc(-c2c3ccccc3c(-c3cccc(-n4c5ccccc5c5ccccc54)c3)c3ccccc23)cc(-c2cccc3c2oc2ccccc23)c1.c1ccc(-c2c3ccccc3c(-c3cc(-c4cccc5oc6ccccc6c45)cc4ccccc34)c3ccccc23)cc1.c1ccc2cc(-c3c4ccccc4c(-c4ccc5ccccc5c4)c4ccccc34)ccc2c1. The number of fused-ring (bicyclic) bond motifs is 18. The first kappa shape index (κ1) is 74.6. The lowest BCUT2D eigenvalue weighted by molar-refractivity contribution is 0.669. The number of nitrogens with zero attached hydrogens (tertiary/aromatic N) is 1. The van der Waals surface area contributed by atoms with E-state index in [1.54, 1.807) is 0 Å². The molecule has 0 aliphatic heterocycles. The van der Waals surface area contributed by atoms with Gasteiger partial charge in [-0.1, -0.05) is 406 Å². The molecule has 3 heteroatoms. The normalized spacial score (nSPS) is 11.7. The van der Waals surface area contributed by atoms with Crippen LogP contribution in [-0.2, 0) is 0 Å². The quantitative estimate of drug-likeness (QED) is 0.135. The molecule has 600 valence electrons. The maximum atomic E-state index is 6.47. The first-order valence-corrected chi connectivity index (χ1v) is 44.4. The van der Waals surface area contributed by atoms with Gasteiger partial charge in [0.2, 0.25) is 0 Å². The van der Waals surface area contributed by atoms with E-state index in [9.17, 15) is 0 Å². The minimum atomic E-state index is 0.913. The summed E-state index contributed by atoms with van der Waals surface area (Å²) in [7, 11) is 0. The van der Waals surface area contributed by atoms with Gasteiger partial charge in [-0.05, 0) is 253 Å². The number of benzene rings is 24. The highest BCUT2D eigenvalue weighted by Gasteiger charge is 2.25. The zero-order chi connectivity index (χ0) is 85.0. The molecule has 27 rings (SSSR count). The lowest BCUT2D eigenvalue weighted by Gasteiger charge is -2.19. The molecule has 0 amide bonds. The van der Waals surface area contributed by atoms with Crippen LogP contribution in [0.3, 0.4) is 0 Å². The van der Waals surface area contributed by atoms with Crippen molar-refractivity contribution in [2.24, 2.45) is 0 Å². The summed E-state index contributed by atoms with van der Waals surface area (Å²) in [6.45, 7) is 0. The summed E-state index contributed by atoms with van der Waals surface area (Å²) in [5.41, 5.74) is 26.9. The van der Waals surface area contributed by atoms with E-state index in [2.05, 4.69) is 466 Å². The average molecular weight is 1640 g/mol. The van der Waals surface area contributed by atoms with Crippen molar-refractivity contribution in [3.63, 3.8) is 0 Å². The van der Waals surface area contributed by atoms with Crippen molar-refractivity contribution in [1.82, 2.24) is 4.57 Å². The van der Waals surface area contributed by atoms with E-state index in [-0.39, 0.29) is 0 Å². The molecule has 0 radical (unpaired) electrons. The Morgan fingerprint density at radius 1 is 0.147 bits per heavy atom. The fraction of sp³-hybridized carbons (Fsp3) is 0. The third-order valence-electron chi connectivity index (χ3n) is 26.6. The zero-order valence-corrected chi connectivity index (χ0v) is 70.4. The van der Waals surface area contributed by atoms with Crippen LogP contribution in [-0.4, -0.2) is 4.57 Å². The van der Waals surface area contributed by atoms with Gasteiger partial charge in [0.25, 0.3) is 0 Å². The summed E-state index contributed by atoms with van der Waals surface area (Å²) in [4.78, 5) is 0. The maximum absolute atomic E-state index is 6.47. The largest absolute Gasteiger partial charge is 0.456 e. The molecule has 27 aromatic rings. The van der Waals surface area contributed by atoms with Crippen molar-refractivity contribution >= 4 is 163 Å². The number of furan rings is 2. The summed E-state index contributed by atoms with van der Waals surface area (Å²) in [5, 5.41) is 29.8. The van der Waals surface area contributed by atoms with Crippen LogP contribution in [0.5, 0.6) is 0 Å². The van der Waals surface area contributed by atoms with Crippen LogP contribution in [0, 0.1) is 0 Å². The van der Waals surface area contributed by atoms with Crippen LogP contribution in [0.1, 0.15) is 0 Å². The molecule has 24 aromatic carbocycles. The molecule has 0 N–H and O–H groups in total. The van der Waals surface area contributed by atoms with Gasteiger partial charge in [0, 0.05) is 43.6 Å². The van der Waals surface area contributed by atoms with E-state index in [4.69, 9.17) is 8.83 Å². The molecule has 0 aliphatic rings. The van der Waals surface area contributed by atoms with Crippen molar-refractivity contribution in [1.29, 1.82) is 0 Å². The lowest BCUT2D eigenvalue weighted by atomic mass is 9.83. The number of rotatable bonds is 9. The molecule has 0 saturated heterocycles. The number of para-hydroxylation sites is 5. The van der Waals surface area contributed by atoms with Crippen LogP contribution in [0.15, 0.2) is 488 Å². The predicted octanol–water partition coefficient (Wildman–Crippen LogP) is 35.7. The summed E-state index contributed by atoms with van der Waals surface area (Å²) < 4.78 is 15.2. The Balaban J connectivity index is 0.000000107. The summed E-state index contributed by atoms with van der Waals surface area (Å²) >= 11 is 0. The molecular weight excluding hydrogens is 1560 g/mol. The van der Waals surface area contributed by atoms with Gasteiger partial charge in [-0.2, -0.15) is 0 Å². The van der Waals surface area contributed by atoms with Gasteiger partial charge in [0.15, 0.2) is 0 Å². The van der Waals surface area contributed by atoms with Crippen LogP contribution in [0.25, 0.3) is 257 Å². The van der Waals surface area contributed by atoms with E-state index in [1.807, 2.05) is 18.2 Å². The highest BCUT2D eigenvalue weighted by Crippen LogP contribution is 2.52. The van der Waals surface area contributed by atoms with E-state index in [1.165, 1.54) is 197 Å². The molecule has 3 aromatic heterocycles. The molecule has 0 atom stereocenters. The Kier molecular flexibility index (Phi) is 18.0. The first-order valence-electron chi connectivity index (χ1n) is 44.4. The number of hydrogen-bond acceptors (Lipinski definition) is 2. The van der Waals surface area contributed by atoms with E-state index in [0.717, 1.165) is 60.7 Å². The van der Waals surface area contributed by atoms with Crippen molar-refractivity contribution in [2.45, 2.75) is 0 Å². The van der Waals surface area contributed by atoms with Crippen molar-refractivity contribution in [3.05, 3.63) is 479 Å². The highest BCUT2D eigenvalue weighted by molar-refractivity contribution is 6.27. The minimum absolute atomic E-state index is 0.913. The Morgan fingerprint density at radius 2 is 0.481 bits per heavy atom. The third kappa shape index (κ3) is 12.6. The average Bonchev–Trinajstić information content (AvgIpc) is 1.60. The topological polar surface area (TPSA) is 31.2 Å². The smallest absolute Gasteiger partial charge is 0.143 e. The van der Waals surface area contributed by atoms with Gasteiger partial charge in [-0.3, -0.25) is 0 Å². The molecule has 0 aliphatic carbocycles. The molecule has 0 bridgehead atoms. The van der Waals surface area contributed by atoms with Crippen molar-refractivity contribution < 1.29 is 8.83 Å².